The Labute approximate surface area is 236 Å². The van der Waals surface area contributed by atoms with Crippen LogP contribution in [0.2, 0.25) is 0 Å². The molecular weight excluding hydrogens is 504 g/mol. The van der Waals surface area contributed by atoms with Crippen LogP contribution < -0.4 is 9.47 Å². The minimum absolute atomic E-state index is 0.00740. The first-order chi connectivity index (χ1) is 19.3. The number of hydrogen-bond acceptors (Lipinski definition) is 6. The molecule has 0 unspecified atom stereocenters. The molecule has 0 atom stereocenters. The van der Waals surface area contributed by atoms with Crippen molar-refractivity contribution in [1.29, 1.82) is 0 Å². The average Bonchev–Trinajstić information content (AvgIpc) is 2.97. The SMILES string of the molecule is C=C(COC)C(=O)Oc1ccc(-c2ccc(OC(=O)C(=C)CO)c(CCc3ccc(CCCCC)cc3)c2)cc1. The first kappa shape index (κ1) is 30.5. The molecule has 0 aromatic heterocycles. The zero-order valence-corrected chi connectivity index (χ0v) is 23.4. The fraction of sp³-hybridized carbons (Fsp3) is 0.294. The Balaban J connectivity index is 1.78. The highest BCUT2D eigenvalue weighted by molar-refractivity contribution is 5.90. The largest absolute Gasteiger partial charge is 0.423 e. The molecule has 0 aliphatic rings. The number of carbonyl (C=O) groups excluding carboxylic acids is 2. The average molecular weight is 543 g/mol. The van der Waals surface area contributed by atoms with Crippen molar-refractivity contribution >= 4 is 11.9 Å². The zero-order chi connectivity index (χ0) is 28.9. The van der Waals surface area contributed by atoms with Gasteiger partial charge in [-0.1, -0.05) is 75.4 Å². The van der Waals surface area contributed by atoms with E-state index in [-0.39, 0.29) is 17.8 Å². The molecule has 0 aliphatic carbocycles. The molecule has 210 valence electrons. The first-order valence-electron chi connectivity index (χ1n) is 13.6. The Bertz CT molecular complexity index is 1310. The fourth-order valence-corrected chi connectivity index (χ4v) is 4.15. The minimum atomic E-state index is -0.658. The summed E-state index contributed by atoms with van der Waals surface area (Å²) in [5.74, 6) is -0.366. The van der Waals surface area contributed by atoms with E-state index in [4.69, 9.17) is 14.2 Å². The van der Waals surface area contributed by atoms with Crippen LogP contribution in [0, 0.1) is 0 Å². The van der Waals surface area contributed by atoms with Crippen LogP contribution in [0.3, 0.4) is 0 Å². The lowest BCUT2D eigenvalue weighted by atomic mass is 9.97. The number of methoxy groups -OCH3 is 1. The van der Waals surface area contributed by atoms with Crippen LogP contribution in [0.5, 0.6) is 11.5 Å². The van der Waals surface area contributed by atoms with Gasteiger partial charge in [-0.25, -0.2) is 9.59 Å². The third kappa shape index (κ3) is 9.04. The lowest BCUT2D eigenvalue weighted by Gasteiger charge is -2.14. The number of hydrogen-bond donors (Lipinski definition) is 1. The second-order valence-electron chi connectivity index (χ2n) is 9.70. The molecule has 3 rings (SSSR count). The molecule has 0 saturated carbocycles. The van der Waals surface area contributed by atoms with Crippen molar-refractivity contribution in [2.75, 3.05) is 20.3 Å². The molecule has 6 nitrogen and oxygen atoms in total. The van der Waals surface area contributed by atoms with Crippen LogP contribution in [-0.2, 0) is 33.6 Å². The molecule has 0 bridgehead atoms. The third-order valence-electron chi connectivity index (χ3n) is 6.52. The number of aliphatic hydroxyl groups excluding tert-OH is 1. The molecule has 3 aromatic carbocycles. The number of ether oxygens (including phenoxy) is 3. The van der Waals surface area contributed by atoms with Crippen molar-refractivity contribution in [1.82, 2.24) is 0 Å². The van der Waals surface area contributed by atoms with Gasteiger partial charge < -0.3 is 19.3 Å². The van der Waals surface area contributed by atoms with Crippen LogP contribution in [0.25, 0.3) is 11.1 Å². The lowest BCUT2D eigenvalue weighted by Crippen LogP contribution is -2.14. The molecule has 0 fully saturated rings. The van der Waals surface area contributed by atoms with Crippen LogP contribution >= 0.6 is 0 Å². The van der Waals surface area contributed by atoms with Gasteiger partial charge in [-0.2, -0.15) is 0 Å². The number of aliphatic hydroxyl groups is 1. The predicted octanol–water partition coefficient (Wildman–Crippen LogP) is 6.43. The summed E-state index contributed by atoms with van der Waals surface area (Å²) in [4.78, 5) is 24.4. The van der Waals surface area contributed by atoms with Crippen molar-refractivity contribution in [3.63, 3.8) is 0 Å². The third-order valence-corrected chi connectivity index (χ3v) is 6.52. The topological polar surface area (TPSA) is 82.1 Å². The Morgan fingerprint density at radius 2 is 1.38 bits per heavy atom. The van der Waals surface area contributed by atoms with E-state index in [0.29, 0.717) is 17.9 Å². The summed E-state index contributed by atoms with van der Waals surface area (Å²) in [6, 6.07) is 21.5. The molecule has 3 aromatic rings. The standard InChI is InChI=1S/C34H38O6/c1-5-6-7-8-26-9-11-27(12-10-26)13-14-30-21-29(17-20-32(30)40-33(36)24(2)22-35)28-15-18-31(19-16-28)39-34(37)25(3)23-38-4/h9-12,15-21,35H,2-3,5-8,13-14,22-23H2,1,4H3. The van der Waals surface area contributed by atoms with Crippen LogP contribution in [0.4, 0.5) is 0 Å². The summed E-state index contributed by atoms with van der Waals surface area (Å²) in [5, 5.41) is 9.28. The van der Waals surface area contributed by atoms with Gasteiger partial charge in [0.05, 0.1) is 24.4 Å². The minimum Gasteiger partial charge on any atom is -0.423 e. The fourth-order valence-electron chi connectivity index (χ4n) is 4.15. The Morgan fingerprint density at radius 3 is 2.00 bits per heavy atom. The van der Waals surface area contributed by atoms with Crippen molar-refractivity contribution < 1.29 is 28.9 Å². The highest BCUT2D eigenvalue weighted by atomic mass is 16.5. The van der Waals surface area contributed by atoms with E-state index in [2.05, 4.69) is 44.3 Å². The van der Waals surface area contributed by atoms with E-state index in [0.717, 1.165) is 29.5 Å². The van der Waals surface area contributed by atoms with Gasteiger partial charge in [-0.3, -0.25) is 0 Å². The van der Waals surface area contributed by atoms with Gasteiger partial charge >= 0.3 is 11.9 Å². The van der Waals surface area contributed by atoms with Gasteiger partial charge in [-0.05, 0) is 77.8 Å². The number of rotatable bonds is 15. The zero-order valence-electron chi connectivity index (χ0n) is 23.4. The number of benzene rings is 3. The van der Waals surface area contributed by atoms with Gasteiger partial charge in [0.25, 0.3) is 0 Å². The molecule has 0 saturated heterocycles. The monoisotopic (exact) mass is 542 g/mol. The second kappa shape index (κ2) is 15.6. The first-order valence-corrected chi connectivity index (χ1v) is 13.6. The molecule has 40 heavy (non-hydrogen) atoms. The van der Waals surface area contributed by atoms with Gasteiger partial charge in [0.1, 0.15) is 11.5 Å². The van der Waals surface area contributed by atoms with E-state index in [1.807, 2.05) is 24.3 Å². The van der Waals surface area contributed by atoms with Crippen molar-refractivity contribution in [3.8, 4) is 22.6 Å². The van der Waals surface area contributed by atoms with E-state index >= 15 is 0 Å². The maximum absolute atomic E-state index is 12.3. The van der Waals surface area contributed by atoms with Gasteiger partial charge in [0, 0.05) is 7.11 Å². The molecule has 0 heterocycles. The molecule has 0 aliphatic heterocycles. The van der Waals surface area contributed by atoms with E-state index in [9.17, 15) is 14.7 Å². The number of aryl methyl sites for hydroxylation is 3. The predicted molar refractivity (Wildman–Crippen MR) is 157 cm³/mol. The van der Waals surface area contributed by atoms with Gasteiger partial charge in [-0.15, -0.1) is 0 Å². The number of esters is 2. The summed E-state index contributed by atoms with van der Waals surface area (Å²) in [6.45, 7) is 9.08. The molecule has 1 N–H and O–H groups in total. The molecule has 0 spiro atoms. The van der Waals surface area contributed by atoms with Gasteiger partial charge in [0.2, 0.25) is 0 Å². The maximum atomic E-state index is 12.3. The van der Waals surface area contributed by atoms with E-state index in [1.54, 1.807) is 18.2 Å². The lowest BCUT2D eigenvalue weighted by molar-refractivity contribution is -0.131. The Kier molecular flexibility index (Phi) is 11.9. The van der Waals surface area contributed by atoms with Crippen LogP contribution in [0.1, 0.15) is 42.9 Å². The number of unbranched alkanes of at least 4 members (excludes halogenated alkanes) is 2. The second-order valence-corrected chi connectivity index (χ2v) is 9.70. The van der Waals surface area contributed by atoms with E-state index < -0.39 is 18.5 Å². The van der Waals surface area contributed by atoms with Gasteiger partial charge in [0.15, 0.2) is 0 Å². The summed E-state index contributed by atoms with van der Waals surface area (Å²) in [5.41, 5.74) is 5.45. The highest BCUT2D eigenvalue weighted by Crippen LogP contribution is 2.30. The normalized spacial score (nSPS) is 10.7. The quantitative estimate of drug-likeness (QED) is 0.103. The molecule has 0 radical (unpaired) electrons. The van der Waals surface area contributed by atoms with E-state index in [1.165, 1.54) is 37.5 Å². The maximum Gasteiger partial charge on any atom is 0.341 e. The van der Waals surface area contributed by atoms with Crippen molar-refractivity contribution in [2.45, 2.75) is 45.4 Å². The molecule has 0 amide bonds. The smallest absolute Gasteiger partial charge is 0.341 e. The van der Waals surface area contributed by atoms with Crippen LogP contribution in [0.15, 0.2) is 91.0 Å². The Morgan fingerprint density at radius 1 is 0.750 bits per heavy atom. The summed E-state index contributed by atoms with van der Waals surface area (Å²) in [7, 11) is 1.49. The summed E-state index contributed by atoms with van der Waals surface area (Å²) >= 11 is 0. The Hall–Kier alpha value is -4.00. The summed E-state index contributed by atoms with van der Waals surface area (Å²) in [6.07, 6.45) is 6.14. The van der Waals surface area contributed by atoms with Crippen molar-refractivity contribution in [2.24, 2.45) is 0 Å². The van der Waals surface area contributed by atoms with Crippen molar-refractivity contribution in [3.05, 3.63) is 108 Å². The molecule has 6 heteroatoms. The molecular formula is C34H38O6. The highest BCUT2D eigenvalue weighted by Gasteiger charge is 2.15. The summed E-state index contributed by atoms with van der Waals surface area (Å²) < 4.78 is 15.9. The van der Waals surface area contributed by atoms with Crippen LogP contribution in [-0.4, -0.2) is 37.4 Å². The number of carbonyl (C=O) groups is 2.